The van der Waals surface area contributed by atoms with Crippen molar-refractivity contribution in [3.05, 3.63) is 30.1 Å². The van der Waals surface area contributed by atoms with Gasteiger partial charge in [-0.3, -0.25) is 4.99 Å². The summed E-state index contributed by atoms with van der Waals surface area (Å²) in [6.45, 7) is 5.78. The minimum absolute atomic E-state index is 0. The van der Waals surface area contributed by atoms with Crippen LogP contribution in [0.3, 0.4) is 0 Å². The molecule has 2 aliphatic rings. The first-order valence-electron chi connectivity index (χ1n) is 10.1. The van der Waals surface area contributed by atoms with Gasteiger partial charge in [-0.1, -0.05) is 0 Å². The van der Waals surface area contributed by atoms with Gasteiger partial charge in [0.05, 0.1) is 0 Å². The molecular formula is C19H30IN9. The molecule has 1 fully saturated rings. The number of guanidine groups is 1. The number of halogens is 1. The molecule has 1 saturated heterocycles. The number of fused-ring (bicyclic) bond motifs is 1. The normalized spacial score (nSPS) is 21.9. The molecule has 2 N–H and O–H groups in total. The minimum Gasteiger partial charge on any atom is -0.356 e. The Hall–Kier alpha value is -1.98. The zero-order valence-electron chi connectivity index (χ0n) is 17.1. The highest BCUT2D eigenvalue weighted by atomic mass is 127. The number of nitrogens with one attached hydrogen (secondary N) is 2. The second-order valence-corrected chi connectivity index (χ2v) is 7.61. The number of rotatable bonds is 4. The van der Waals surface area contributed by atoms with Crippen molar-refractivity contribution in [2.24, 2.45) is 10.9 Å². The molecule has 0 saturated carbocycles. The predicted octanol–water partition coefficient (Wildman–Crippen LogP) is 1.39. The lowest BCUT2D eigenvalue weighted by Gasteiger charge is -2.34. The van der Waals surface area contributed by atoms with E-state index in [4.69, 9.17) is 0 Å². The number of aliphatic imine (C=N–C) groups is 1. The number of hydrogen-bond acceptors (Lipinski definition) is 6. The first-order chi connectivity index (χ1) is 13.7. The molecule has 9 nitrogen and oxygen atoms in total. The molecule has 10 heteroatoms. The van der Waals surface area contributed by atoms with E-state index in [0.717, 1.165) is 75.4 Å². The molecular weight excluding hydrogens is 481 g/mol. The maximum atomic E-state index is 4.43. The number of anilines is 1. The van der Waals surface area contributed by atoms with Crippen molar-refractivity contribution in [1.29, 1.82) is 0 Å². The van der Waals surface area contributed by atoms with E-state index in [-0.39, 0.29) is 24.0 Å². The highest BCUT2D eigenvalue weighted by Gasteiger charge is 2.24. The molecule has 4 heterocycles. The van der Waals surface area contributed by atoms with Gasteiger partial charge < -0.3 is 20.1 Å². The Morgan fingerprint density at radius 1 is 1.21 bits per heavy atom. The van der Waals surface area contributed by atoms with Crippen molar-refractivity contribution in [2.75, 3.05) is 31.6 Å². The van der Waals surface area contributed by atoms with Crippen LogP contribution in [0, 0.1) is 12.8 Å². The molecule has 0 aliphatic carbocycles. The molecule has 2 aliphatic heterocycles. The van der Waals surface area contributed by atoms with Crippen LogP contribution in [0.25, 0.3) is 0 Å². The molecule has 0 bridgehead atoms. The van der Waals surface area contributed by atoms with E-state index in [1.807, 2.05) is 20.0 Å². The Balaban J connectivity index is 0.00000240. The number of nitrogens with zero attached hydrogens (tertiary/aromatic N) is 7. The summed E-state index contributed by atoms with van der Waals surface area (Å²) >= 11 is 0. The maximum absolute atomic E-state index is 4.43. The standard InChI is InChI=1S/C19H29N9.HI/c1-14-25-26-17-7-6-15(12-28(14)17)11-23-18(20-2)24-16-5-3-10-27(13-16)19-21-8-4-9-22-19;/h4,8-9,15-16H,3,5-7,10-13H2,1-2H3,(H2,20,23,24);1H. The molecule has 0 amide bonds. The van der Waals surface area contributed by atoms with Crippen molar-refractivity contribution in [3.8, 4) is 0 Å². The summed E-state index contributed by atoms with van der Waals surface area (Å²) in [5.41, 5.74) is 0. The number of aryl methyl sites for hydroxylation is 2. The summed E-state index contributed by atoms with van der Waals surface area (Å²) in [5.74, 6) is 4.35. The van der Waals surface area contributed by atoms with Gasteiger partial charge in [-0.25, -0.2) is 9.97 Å². The van der Waals surface area contributed by atoms with Crippen molar-refractivity contribution < 1.29 is 0 Å². The molecule has 0 radical (unpaired) electrons. The van der Waals surface area contributed by atoms with Crippen LogP contribution in [0.4, 0.5) is 5.95 Å². The Morgan fingerprint density at radius 2 is 2.03 bits per heavy atom. The molecule has 0 aromatic carbocycles. The Morgan fingerprint density at radius 3 is 2.83 bits per heavy atom. The molecule has 2 atom stereocenters. The third kappa shape index (κ3) is 5.34. The van der Waals surface area contributed by atoms with E-state index < -0.39 is 0 Å². The summed E-state index contributed by atoms with van der Waals surface area (Å²) < 4.78 is 2.24. The van der Waals surface area contributed by atoms with Crippen molar-refractivity contribution in [2.45, 2.75) is 45.2 Å². The van der Waals surface area contributed by atoms with Gasteiger partial charge in [0.2, 0.25) is 5.95 Å². The third-order valence-corrected chi connectivity index (χ3v) is 5.61. The van der Waals surface area contributed by atoms with Crippen LogP contribution in [0.15, 0.2) is 23.5 Å². The predicted molar refractivity (Wildman–Crippen MR) is 124 cm³/mol. The average Bonchev–Trinajstić information content (AvgIpc) is 3.12. The summed E-state index contributed by atoms with van der Waals surface area (Å²) in [5, 5.41) is 15.5. The first-order valence-corrected chi connectivity index (χ1v) is 10.1. The van der Waals surface area contributed by atoms with Gasteiger partial charge in [0.15, 0.2) is 5.96 Å². The lowest BCUT2D eigenvalue weighted by molar-refractivity contribution is 0.357. The molecule has 2 unspecified atom stereocenters. The molecule has 0 spiro atoms. The fourth-order valence-corrected chi connectivity index (χ4v) is 4.06. The van der Waals surface area contributed by atoms with Gasteiger partial charge in [0.25, 0.3) is 0 Å². The zero-order valence-corrected chi connectivity index (χ0v) is 19.4. The van der Waals surface area contributed by atoms with Gasteiger partial charge in [0, 0.05) is 58.1 Å². The van der Waals surface area contributed by atoms with Crippen LogP contribution in [-0.2, 0) is 13.0 Å². The maximum Gasteiger partial charge on any atom is 0.225 e. The SMILES string of the molecule is CN=C(NCC1CCc2nnc(C)n2C1)NC1CCCN(c2ncccn2)C1.I. The minimum atomic E-state index is 0. The Bertz CT molecular complexity index is 807. The number of hydrogen-bond donors (Lipinski definition) is 2. The lowest BCUT2D eigenvalue weighted by Crippen LogP contribution is -2.52. The number of aromatic nitrogens is 5. The summed E-state index contributed by atoms with van der Waals surface area (Å²) in [7, 11) is 1.83. The fraction of sp³-hybridized carbons (Fsp3) is 0.632. The van der Waals surface area contributed by atoms with Crippen LogP contribution >= 0.6 is 24.0 Å². The highest BCUT2D eigenvalue weighted by Crippen LogP contribution is 2.19. The van der Waals surface area contributed by atoms with Gasteiger partial charge in [-0.2, -0.15) is 0 Å². The number of piperidine rings is 1. The van der Waals surface area contributed by atoms with Gasteiger partial charge >= 0.3 is 0 Å². The summed E-state index contributed by atoms with van der Waals surface area (Å²) in [6, 6.07) is 2.19. The quantitative estimate of drug-likeness (QED) is 0.364. The largest absolute Gasteiger partial charge is 0.356 e. The van der Waals surface area contributed by atoms with Crippen LogP contribution in [-0.4, -0.2) is 63.4 Å². The molecule has 4 rings (SSSR count). The van der Waals surface area contributed by atoms with Crippen molar-refractivity contribution in [1.82, 2.24) is 35.4 Å². The van der Waals surface area contributed by atoms with E-state index in [1.165, 1.54) is 0 Å². The highest BCUT2D eigenvalue weighted by molar-refractivity contribution is 14.0. The molecule has 158 valence electrons. The molecule has 29 heavy (non-hydrogen) atoms. The van der Waals surface area contributed by atoms with Crippen molar-refractivity contribution >= 4 is 35.9 Å². The second-order valence-electron chi connectivity index (χ2n) is 7.61. The average molecular weight is 511 g/mol. The second kappa shape index (κ2) is 10.2. The van der Waals surface area contributed by atoms with Crippen LogP contribution in [0.5, 0.6) is 0 Å². The van der Waals surface area contributed by atoms with Gasteiger partial charge in [-0.05, 0) is 38.2 Å². The van der Waals surface area contributed by atoms with Gasteiger partial charge in [-0.15, -0.1) is 34.2 Å². The van der Waals surface area contributed by atoms with E-state index >= 15 is 0 Å². The Kier molecular flexibility index (Phi) is 7.62. The van der Waals surface area contributed by atoms with E-state index in [9.17, 15) is 0 Å². The van der Waals surface area contributed by atoms with E-state index in [1.54, 1.807) is 12.4 Å². The summed E-state index contributed by atoms with van der Waals surface area (Å²) in [6.07, 6.45) is 7.96. The summed E-state index contributed by atoms with van der Waals surface area (Å²) in [4.78, 5) is 15.4. The molecule has 2 aromatic rings. The van der Waals surface area contributed by atoms with Crippen LogP contribution in [0.1, 0.15) is 30.9 Å². The van der Waals surface area contributed by atoms with Gasteiger partial charge in [0.1, 0.15) is 11.6 Å². The monoisotopic (exact) mass is 511 g/mol. The smallest absolute Gasteiger partial charge is 0.225 e. The van der Waals surface area contributed by atoms with Crippen LogP contribution < -0.4 is 15.5 Å². The van der Waals surface area contributed by atoms with Crippen LogP contribution in [0.2, 0.25) is 0 Å². The zero-order chi connectivity index (χ0) is 19.3. The first kappa shape index (κ1) is 21.7. The third-order valence-electron chi connectivity index (χ3n) is 5.61. The Labute approximate surface area is 188 Å². The van der Waals surface area contributed by atoms with Crippen molar-refractivity contribution in [3.63, 3.8) is 0 Å². The van der Waals surface area contributed by atoms with E-state index in [0.29, 0.717) is 12.0 Å². The fourth-order valence-electron chi connectivity index (χ4n) is 4.06. The molecule has 2 aromatic heterocycles. The topological polar surface area (TPSA) is 96.1 Å². The van der Waals surface area contributed by atoms with E-state index in [2.05, 4.69) is 45.3 Å². The lowest BCUT2D eigenvalue weighted by atomic mass is 9.99.